The molecule has 23 nitrogen and oxygen atoms in total. The van der Waals surface area contributed by atoms with Gasteiger partial charge in [-0.05, 0) is 111 Å². The Morgan fingerprint density at radius 1 is 0.462 bits per heavy atom. The summed E-state index contributed by atoms with van der Waals surface area (Å²) in [6.45, 7) is 5.51. The molecule has 0 fully saturated rings. The lowest BCUT2D eigenvalue weighted by atomic mass is 10.0. The van der Waals surface area contributed by atoms with Crippen molar-refractivity contribution in [3.05, 3.63) is 35.9 Å². The van der Waals surface area contributed by atoms with E-state index in [0.29, 0.717) is 57.2 Å². The zero-order valence-electron chi connectivity index (χ0n) is 37.9. The molecular weight excluding hydrogens is 849 g/mol. The molecule has 18 N–H and O–H groups in total. The molecule has 0 aliphatic rings. The molecule has 0 radical (unpaired) electrons. The second-order valence-electron chi connectivity index (χ2n) is 15.8. The SMILES string of the molecule is C[C@H](N)C(=O)N[C@@H](C)C(=O)N[C@@H](C)C(=O)N[C@@H](CO)C(=O)N[C@@H](Cc1ccccc1)C(=O)N[C@@H](CCCCN)C(=O)N[C@@H](C)C(=O)N[C@@H](CCCCN)C(=O)N[C@@H](CCCCN)C(=O)O. The monoisotopic (exact) mass is 921 g/mol. The first-order valence-electron chi connectivity index (χ1n) is 22.0. The Morgan fingerprint density at radius 2 is 0.800 bits per heavy atom. The van der Waals surface area contributed by atoms with Crippen molar-refractivity contribution in [2.24, 2.45) is 22.9 Å². The van der Waals surface area contributed by atoms with Crippen molar-refractivity contribution < 1.29 is 53.4 Å². The van der Waals surface area contributed by atoms with E-state index in [4.69, 9.17) is 22.9 Å². The number of nitrogens with one attached hydrogen (secondary N) is 8. The van der Waals surface area contributed by atoms with Crippen molar-refractivity contribution in [1.29, 1.82) is 0 Å². The summed E-state index contributed by atoms with van der Waals surface area (Å²) in [5.74, 6) is -7.51. The molecule has 0 aliphatic carbocycles. The van der Waals surface area contributed by atoms with Gasteiger partial charge in [-0.25, -0.2) is 4.79 Å². The van der Waals surface area contributed by atoms with Crippen LogP contribution in [0.3, 0.4) is 0 Å². The number of carboxylic acids is 1. The maximum Gasteiger partial charge on any atom is 0.326 e. The van der Waals surface area contributed by atoms with Gasteiger partial charge in [-0.3, -0.25) is 38.4 Å². The van der Waals surface area contributed by atoms with E-state index in [-0.39, 0.29) is 32.2 Å². The van der Waals surface area contributed by atoms with Crippen LogP contribution in [0.1, 0.15) is 91.0 Å². The van der Waals surface area contributed by atoms with Crippen molar-refractivity contribution in [1.82, 2.24) is 42.5 Å². The summed E-state index contributed by atoms with van der Waals surface area (Å²) in [5, 5.41) is 39.7. The van der Waals surface area contributed by atoms with Crippen LogP contribution in [0.5, 0.6) is 0 Å². The molecule has 65 heavy (non-hydrogen) atoms. The number of carboxylic acid groups (broad SMARTS) is 1. The average Bonchev–Trinajstić information content (AvgIpc) is 3.26. The number of benzene rings is 1. The van der Waals surface area contributed by atoms with Gasteiger partial charge in [0.2, 0.25) is 47.3 Å². The van der Waals surface area contributed by atoms with Crippen LogP contribution in [0.4, 0.5) is 0 Å². The Hall–Kier alpha value is -5.75. The number of hydrogen-bond donors (Lipinski definition) is 14. The number of rotatable bonds is 32. The van der Waals surface area contributed by atoms with Crippen molar-refractivity contribution in [2.45, 2.75) is 146 Å². The van der Waals surface area contributed by atoms with Gasteiger partial charge in [-0.2, -0.15) is 0 Å². The number of aliphatic carboxylic acids is 1. The lowest BCUT2D eigenvalue weighted by Crippen LogP contribution is -2.60. The smallest absolute Gasteiger partial charge is 0.326 e. The molecule has 1 rings (SSSR count). The molecule has 0 saturated carbocycles. The molecule has 366 valence electrons. The third-order valence-electron chi connectivity index (χ3n) is 10.1. The molecule has 0 spiro atoms. The van der Waals surface area contributed by atoms with E-state index >= 15 is 0 Å². The summed E-state index contributed by atoms with van der Waals surface area (Å²) in [6.07, 6.45) is 3.01. The molecule has 0 heterocycles. The molecule has 1 aromatic carbocycles. The minimum absolute atomic E-state index is 0.0619. The van der Waals surface area contributed by atoms with E-state index in [0.717, 1.165) is 0 Å². The predicted molar refractivity (Wildman–Crippen MR) is 240 cm³/mol. The first kappa shape index (κ1) is 57.3. The van der Waals surface area contributed by atoms with E-state index in [2.05, 4.69) is 42.5 Å². The number of aliphatic hydroxyl groups is 1. The van der Waals surface area contributed by atoms with Crippen LogP contribution < -0.4 is 65.5 Å². The lowest BCUT2D eigenvalue weighted by molar-refractivity contribution is -0.142. The van der Waals surface area contributed by atoms with Crippen molar-refractivity contribution >= 4 is 53.2 Å². The Morgan fingerprint density at radius 3 is 1.25 bits per heavy atom. The van der Waals surface area contributed by atoms with E-state index < -0.39 is 114 Å². The Balaban J connectivity index is 3.23. The van der Waals surface area contributed by atoms with Crippen LogP contribution in [-0.4, -0.2) is 144 Å². The molecule has 23 heteroatoms. The van der Waals surface area contributed by atoms with Gasteiger partial charge in [0.1, 0.15) is 48.3 Å². The largest absolute Gasteiger partial charge is 0.480 e. The predicted octanol–water partition coefficient (Wildman–Crippen LogP) is -4.02. The van der Waals surface area contributed by atoms with Crippen LogP contribution in [0.15, 0.2) is 30.3 Å². The normalized spacial score (nSPS) is 15.2. The van der Waals surface area contributed by atoms with E-state index in [1.165, 1.54) is 27.7 Å². The summed E-state index contributed by atoms with van der Waals surface area (Å²) >= 11 is 0. The fraction of sp³-hybridized carbons (Fsp3) is 0.643. The maximum atomic E-state index is 14.0. The molecule has 9 atom stereocenters. The fourth-order valence-corrected chi connectivity index (χ4v) is 6.13. The molecule has 1 aromatic rings. The third kappa shape index (κ3) is 22.1. The van der Waals surface area contributed by atoms with Crippen molar-refractivity contribution in [2.75, 3.05) is 26.2 Å². The Kier molecular flexibility index (Phi) is 27.5. The molecule has 0 saturated heterocycles. The van der Waals surface area contributed by atoms with Crippen LogP contribution in [0, 0.1) is 0 Å². The highest BCUT2D eigenvalue weighted by molar-refractivity contribution is 5.98. The number of amides is 8. The number of unbranched alkanes of at least 4 members (excludes halogenated alkanes) is 3. The van der Waals surface area contributed by atoms with Crippen LogP contribution in [-0.2, 0) is 49.6 Å². The van der Waals surface area contributed by atoms with Gasteiger partial charge >= 0.3 is 5.97 Å². The molecular formula is C42H72N12O11. The Labute approximate surface area is 379 Å². The molecule has 0 bridgehead atoms. The summed E-state index contributed by atoms with van der Waals surface area (Å²) in [5.41, 5.74) is 23.0. The quantitative estimate of drug-likeness (QED) is 0.0306. The number of carbonyl (C=O) groups is 9. The fourth-order valence-electron chi connectivity index (χ4n) is 6.13. The zero-order chi connectivity index (χ0) is 49.1. The maximum absolute atomic E-state index is 14.0. The number of nitrogens with two attached hydrogens (primary N) is 4. The first-order valence-corrected chi connectivity index (χ1v) is 22.0. The highest BCUT2D eigenvalue weighted by atomic mass is 16.4. The van der Waals surface area contributed by atoms with Crippen LogP contribution >= 0.6 is 0 Å². The molecule has 8 amide bonds. The molecule has 0 unspecified atom stereocenters. The van der Waals surface area contributed by atoms with Crippen molar-refractivity contribution in [3.8, 4) is 0 Å². The summed E-state index contributed by atoms with van der Waals surface area (Å²) < 4.78 is 0. The van der Waals surface area contributed by atoms with Crippen LogP contribution in [0.2, 0.25) is 0 Å². The summed E-state index contributed by atoms with van der Waals surface area (Å²) in [4.78, 5) is 117. The highest BCUT2D eigenvalue weighted by Gasteiger charge is 2.33. The van der Waals surface area contributed by atoms with Crippen molar-refractivity contribution in [3.63, 3.8) is 0 Å². The Bertz CT molecular complexity index is 1700. The lowest BCUT2D eigenvalue weighted by Gasteiger charge is -2.27. The molecule has 0 aliphatic heterocycles. The van der Waals surface area contributed by atoms with Gasteiger partial charge in [0.05, 0.1) is 12.6 Å². The van der Waals surface area contributed by atoms with Gasteiger partial charge in [-0.1, -0.05) is 30.3 Å². The number of aliphatic hydroxyl groups excluding tert-OH is 1. The zero-order valence-corrected chi connectivity index (χ0v) is 37.9. The standard InChI is InChI=1S/C42H72N12O11/c1-24(46)34(56)47-25(2)35(57)48-26(3)37(59)54-33(23-55)41(63)53-32(22-28-14-6-5-7-15-28)40(62)51-29(16-8-11-19-43)38(60)49-27(4)36(58)50-30(17-9-12-20-44)39(61)52-31(42(64)65)18-10-13-21-45/h5-7,14-15,24-27,29-33,55H,8-13,16-23,43-46H2,1-4H3,(H,47,56)(H,48,57)(H,49,60)(H,50,58)(H,51,62)(H,52,61)(H,53,63)(H,54,59)(H,64,65)/t24-,25-,26-,27-,29-,30-,31-,32-,33-/m0/s1. The van der Waals surface area contributed by atoms with E-state index in [9.17, 15) is 53.4 Å². The number of hydrogen-bond acceptors (Lipinski definition) is 14. The number of carbonyl (C=O) groups excluding carboxylic acids is 8. The van der Waals surface area contributed by atoms with E-state index in [1.807, 2.05) is 0 Å². The van der Waals surface area contributed by atoms with Gasteiger partial charge in [0.15, 0.2) is 0 Å². The van der Waals surface area contributed by atoms with Gasteiger partial charge in [0.25, 0.3) is 0 Å². The summed E-state index contributed by atoms with van der Waals surface area (Å²) in [6, 6.07) is -2.50. The average molecular weight is 921 g/mol. The third-order valence-corrected chi connectivity index (χ3v) is 10.1. The minimum Gasteiger partial charge on any atom is -0.480 e. The van der Waals surface area contributed by atoms with Gasteiger partial charge in [-0.15, -0.1) is 0 Å². The van der Waals surface area contributed by atoms with Crippen LogP contribution in [0.25, 0.3) is 0 Å². The summed E-state index contributed by atoms with van der Waals surface area (Å²) in [7, 11) is 0. The topological polar surface area (TPSA) is 394 Å². The van der Waals surface area contributed by atoms with E-state index in [1.54, 1.807) is 30.3 Å². The second-order valence-corrected chi connectivity index (χ2v) is 15.8. The minimum atomic E-state index is -1.60. The van der Waals surface area contributed by atoms with Gasteiger partial charge in [0, 0.05) is 6.42 Å². The highest BCUT2D eigenvalue weighted by Crippen LogP contribution is 2.09. The van der Waals surface area contributed by atoms with Gasteiger partial charge < -0.3 is 75.7 Å². The first-order chi connectivity index (χ1) is 30.8. The second kappa shape index (κ2) is 31.2. The molecule has 0 aromatic heterocycles.